The van der Waals surface area contributed by atoms with Crippen LogP contribution >= 0.6 is 12.4 Å². The molecule has 0 spiro atoms. The van der Waals surface area contributed by atoms with E-state index in [4.69, 9.17) is 0 Å². The highest BCUT2D eigenvalue weighted by Crippen LogP contribution is 2.16. The number of carbonyl (C=O) groups is 2. The second-order valence-corrected chi connectivity index (χ2v) is 13.5. The topological polar surface area (TPSA) is 153 Å². The maximum atomic E-state index is 14.0. The zero-order valence-corrected chi connectivity index (χ0v) is 27.9. The van der Waals surface area contributed by atoms with Crippen molar-refractivity contribution < 1.29 is 31.9 Å². The molecule has 14 heteroatoms. The minimum absolute atomic E-state index is 0. The highest BCUT2D eigenvalue weighted by Gasteiger charge is 2.34. The van der Waals surface area contributed by atoms with Gasteiger partial charge in [-0.15, -0.1) is 12.4 Å². The third-order valence-electron chi connectivity index (χ3n) is 7.61. The number of carbonyl (C=O) groups excluding carboxylic acids is 2. The Balaban J connectivity index is 0.00000736. The molecule has 0 bridgehead atoms. The van der Waals surface area contributed by atoms with Gasteiger partial charge in [0, 0.05) is 25.4 Å². The van der Waals surface area contributed by atoms with E-state index in [-0.39, 0.29) is 36.5 Å². The fourth-order valence-corrected chi connectivity index (χ4v) is 7.22. The molecule has 4 atom stereocenters. The van der Waals surface area contributed by atoms with Gasteiger partial charge in [0.05, 0.1) is 34.9 Å². The molecular weight excluding hydrogens is 640 g/mol. The van der Waals surface area contributed by atoms with Crippen molar-refractivity contribution in [3.05, 3.63) is 88.7 Å². The van der Waals surface area contributed by atoms with Crippen molar-refractivity contribution in [2.45, 2.75) is 82.9 Å². The number of aliphatic hydroxyl groups excluding tert-OH is 1. The SMILES string of the molecule is CCCC(CC)S(=O)(=O)C[C@H](NC(=O)c1cn[nH]c1)C(=O)N[C@@H](Cc1cc(F)cc(F)c1)[C@H](O)CNCc1cccc(CC)c1.Cl. The van der Waals surface area contributed by atoms with E-state index in [1.54, 1.807) is 6.92 Å². The molecule has 46 heavy (non-hydrogen) atoms. The first-order valence-corrected chi connectivity index (χ1v) is 16.9. The van der Waals surface area contributed by atoms with Crippen LogP contribution in [0.15, 0.2) is 54.9 Å². The monoisotopic (exact) mass is 683 g/mol. The number of halogens is 3. The Morgan fingerprint density at radius 1 is 1.00 bits per heavy atom. The van der Waals surface area contributed by atoms with Gasteiger partial charge in [-0.05, 0) is 54.5 Å². The summed E-state index contributed by atoms with van der Waals surface area (Å²) >= 11 is 0. The number of nitrogens with zero attached hydrogens (tertiary/aromatic N) is 1. The molecule has 0 aliphatic rings. The summed E-state index contributed by atoms with van der Waals surface area (Å²) in [6.45, 7) is 6.06. The minimum Gasteiger partial charge on any atom is -0.390 e. The van der Waals surface area contributed by atoms with Crippen LogP contribution in [0.4, 0.5) is 8.78 Å². The molecule has 0 aliphatic heterocycles. The van der Waals surface area contributed by atoms with Gasteiger partial charge in [0.15, 0.2) is 9.84 Å². The molecule has 0 fully saturated rings. The lowest BCUT2D eigenvalue weighted by Crippen LogP contribution is -2.57. The molecule has 1 unspecified atom stereocenters. The van der Waals surface area contributed by atoms with E-state index in [1.165, 1.54) is 12.4 Å². The first-order chi connectivity index (χ1) is 21.4. The van der Waals surface area contributed by atoms with E-state index in [0.717, 1.165) is 29.7 Å². The van der Waals surface area contributed by atoms with Crippen LogP contribution in [0.5, 0.6) is 0 Å². The van der Waals surface area contributed by atoms with Crippen LogP contribution in [0, 0.1) is 11.6 Å². The van der Waals surface area contributed by atoms with E-state index < -0.39 is 62.5 Å². The molecule has 0 saturated heterocycles. The standard InChI is InChI=1S/C32H43F2N5O5S.ClH/c1-4-8-27(6-3)45(43,44)20-29(39-31(41)24-17-36-37-18-24)32(42)38-28(14-23-12-25(33)15-26(34)13-23)30(40)19-35-16-22-10-7-9-21(5-2)11-22;/h7,9-13,15,17-18,27-30,35,40H,4-6,8,14,16,19-20H2,1-3H3,(H,36,37)(H,38,42)(H,39,41);1H/t27?,28-,29-,30+;/m0./s1. The van der Waals surface area contributed by atoms with Crippen LogP contribution in [-0.2, 0) is 34.0 Å². The van der Waals surface area contributed by atoms with Gasteiger partial charge in [-0.3, -0.25) is 14.7 Å². The lowest BCUT2D eigenvalue weighted by atomic mass is 10.00. The number of nitrogens with one attached hydrogen (secondary N) is 4. The summed E-state index contributed by atoms with van der Waals surface area (Å²) in [7, 11) is -3.84. The molecule has 3 aromatic rings. The van der Waals surface area contributed by atoms with Gasteiger partial charge in [0.1, 0.15) is 17.7 Å². The van der Waals surface area contributed by atoms with Crippen LogP contribution in [0.1, 0.15) is 67.1 Å². The molecule has 1 aromatic heterocycles. The van der Waals surface area contributed by atoms with Crippen LogP contribution in [0.2, 0.25) is 0 Å². The quantitative estimate of drug-likeness (QED) is 0.137. The Labute approximate surface area is 275 Å². The molecule has 254 valence electrons. The third kappa shape index (κ3) is 11.8. The first-order valence-electron chi connectivity index (χ1n) is 15.2. The molecule has 10 nitrogen and oxygen atoms in total. The Morgan fingerprint density at radius 2 is 1.70 bits per heavy atom. The average Bonchev–Trinajstić information content (AvgIpc) is 3.54. The summed E-state index contributed by atoms with van der Waals surface area (Å²) in [5.41, 5.74) is 2.40. The number of aromatic nitrogens is 2. The van der Waals surface area contributed by atoms with Gasteiger partial charge in [-0.1, -0.05) is 51.5 Å². The van der Waals surface area contributed by atoms with Crippen molar-refractivity contribution in [3.8, 4) is 0 Å². The van der Waals surface area contributed by atoms with E-state index in [1.807, 2.05) is 38.1 Å². The normalized spacial score (nSPS) is 14.0. The molecule has 1 heterocycles. The zero-order valence-electron chi connectivity index (χ0n) is 26.3. The number of aromatic amines is 1. The summed E-state index contributed by atoms with van der Waals surface area (Å²) in [6.07, 6.45) is 3.32. The number of sulfone groups is 1. The second-order valence-electron chi connectivity index (χ2n) is 11.1. The molecule has 2 aromatic carbocycles. The molecule has 0 radical (unpaired) electrons. The molecule has 2 amide bonds. The van der Waals surface area contributed by atoms with Crippen LogP contribution in [0.25, 0.3) is 0 Å². The number of hydrogen-bond donors (Lipinski definition) is 5. The van der Waals surface area contributed by atoms with Gasteiger partial charge in [0.2, 0.25) is 5.91 Å². The number of aliphatic hydroxyl groups is 1. The number of H-pyrrole nitrogens is 1. The van der Waals surface area contributed by atoms with Gasteiger partial charge >= 0.3 is 0 Å². The molecule has 5 N–H and O–H groups in total. The first kappa shape index (κ1) is 38.8. The summed E-state index contributed by atoms with van der Waals surface area (Å²) < 4.78 is 54.8. The smallest absolute Gasteiger partial charge is 0.255 e. The third-order valence-corrected chi connectivity index (χ3v) is 9.99. The van der Waals surface area contributed by atoms with E-state index in [0.29, 0.717) is 31.9 Å². The van der Waals surface area contributed by atoms with Crippen molar-refractivity contribution in [3.63, 3.8) is 0 Å². The van der Waals surface area contributed by atoms with Gasteiger partial charge in [-0.25, -0.2) is 17.2 Å². The fraction of sp³-hybridized carbons (Fsp3) is 0.469. The number of hydrogen-bond acceptors (Lipinski definition) is 7. The highest BCUT2D eigenvalue weighted by molar-refractivity contribution is 7.92. The number of amides is 2. The largest absolute Gasteiger partial charge is 0.390 e. The Bertz CT molecular complexity index is 1490. The Hall–Kier alpha value is -3.39. The van der Waals surface area contributed by atoms with Crippen molar-refractivity contribution in [2.24, 2.45) is 0 Å². The van der Waals surface area contributed by atoms with Gasteiger partial charge < -0.3 is 21.1 Å². The second kappa shape index (κ2) is 18.7. The van der Waals surface area contributed by atoms with E-state index >= 15 is 0 Å². The maximum Gasteiger partial charge on any atom is 0.255 e. The molecule has 0 saturated carbocycles. The molecule has 3 rings (SSSR count). The highest BCUT2D eigenvalue weighted by atomic mass is 35.5. The Morgan fingerprint density at radius 3 is 2.30 bits per heavy atom. The summed E-state index contributed by atoms with van der Waals surface area (Å²) in [6, 6.07) is 8.20. The zero-order chi connectivity index (χ0) is 33.0. The van der Waals surface area contributed by atoms with E-state index in [9.17, 15) is 31.9 Å². The molecular formula is C32H44ClF2N5O5S. The van der Waals surface area contributed by atoms with Crippen molar-refractivity contribution in [2.75, 3.05) is 12.3 Å². The number of rotatable bonds is 18. The van der Waals surface area contributed by atoms with E-state index in [2.05, 4.69) is 26.1 Å². The summed E-state index contributed by atoms with van der Waals surface area (Å²) in [4.78, 5) is 26.6. The summed E-state index contributed by atoms with van der Waals surface area (Å²) in [5.74, 6) is -3.90. The fourth-order valence-electron chi connectivity index (χ4n) is 5.14. The van der Waals surface area contributed by atoms with Crippen molar-refractivity contribution >= 4 is 34.1 Å². The van der Waals surface area contributed by atoms with Gasteiger partial charge in [-0.2, -0.15) is 5.10 Å². The van der Waals surface area contributed by atoms with Crippen molar-refractivity contribution in [1.82, 2.24) is 26.1 Å². The maximum absolute atomic E-state index is 14.0. The van der Waals surface area contributed by atoms with Crippen LogP contribution < -0.4 is 16.0 Å². The molecule has 0 aliphatic carbocycles. The average molecular weight is 684 g/mol. The van der Waals surface area contributed by atoms with Crippen LogP contribution in [-0.4, -0.2) is 71.3 Å². The lowest BCUT2D eigenvalue weighted by molar-refractivity contribution is -0.124. The van der Waals surface area contributed by atoms with Gasteiger partial charge in [0.25, 0.3) is 5.91 Å². The van der Waals surface area contributed by atoms with Crippen molar-refractivity contribution in [1.29, 1.82) is 0 Å². The minimum atomic E-state index is -3.84. The Kier molecular flexibility index (Phi) is 15.8. The summed E-state index contributed by atoms with van der Waals surface area (Å²) in [5, 5.41) is 25.0. The lowest BCUT2D eigenvalue weighted by Gasteiger charge is -2.28. The predicted octanol–water partition coefficient (Wildman–Crippen LogP) is 3.64. The van der Waals surface area contributed by atoms with Crippen LogP contribution in [0.3, 0.4) is 0 Å². The number of benzene rings is 2. The number of aryl methyl sites for hydroxylation is 1. The predicted molar refractivity (Wildman–Crippen MR) is 175 cm³/mol.